The Morgan fingerprint density at radius 3 is 1.21 bits per heavy atom. The third kappa shape index (κ3) is 6.29. The first-order chi connectivity index (χ1) is 16.1. The molecule has 208 valence electrons. The van der Waals surface area contributed by atoms with Gasteiger partial charge in [0.15, 0.2) is 0 Å². The molecule has 2 aromatic carbocycles. The van der Waals surface area contributed by atoms with E-state index < -0.39 is 0 Å². The summed E-state index contributed by atoms with van der Waals surface area (Å²) in [6.07, 6.45) is 14.7. The van der Waals surface area contributed by atoms with Crippen molar-refractivity contribution in [2.24, 2.45) is 40.9 Å². The maximum absolute atomic E-state index is 2.71. The van der Waals surface area contributed by atoms with Gasteiger partial charge < -0.3 is 29.7 Å². The monoisotopic (exact) mass is 680 g/mol. The first-order valence-corrected chi connectivity index (χ1v) is 14.2. The van der Waals surface area contributed by atoms with E-state index in [1.165, 1.54) is 64.2 Å². The molecular weight excluding hydrogens is 623 g/mol. The van der Waals surface area contributed by atoms with E-state index in [9.17, 15) is 0 Å². The molecule has 2 aromatic rings. The van der Waals surface area contributed by atoms with Gasteiger partial charge in [0.05, 0.1) is 0 Å². The molecule has 1 heteroatoms. The second-order valence-electron chi connectivity index (χ2n) is 12.7. The maximum atomic E-state index is 2.71. The third-order valence-electron chi connectivity index (χ3n) is 11.3. The van der Waals surface area contributed by atoms with Crippen LogP contribution in [0.25, 0.3) is 0 Å². The summed E-state index contributed by atoms with van der Waals surface area (Å²) in [5, 5.41) is 0. The fourth-order valence-electron chi connectivity index (χ4n) is 9.95. The molecule has 0 bridgehead atoms. The largest absolute Gasteiger partial charge is 4.00 e. The molecule has 4 aliphatic rings. The van der Waals surface area contributed by atoms with E-state index >= 15 is 0 Å². The maximum Gasteiger partial charge on any atom is 4.00 e. The van der Waals surface area contributed by atoms with Gasteiger partial charge in [-0.3, -0.25) is 0 Å². The van der Waals surface area contributed by atoms with Gasteiger partial charge in [-0.05, 0) is 115 Å². The zero-order valence-corrected chi connectivity index (χ0v) is 29.1. The van der Waals surface area contributed by atoms with Crippen LogP contribution in [0.2, 0.25) is 0 Å². The van der Waals surface area contributed by atoms with E-state index in [1.807, 2.05) is 0 Å². The zero-order valence-electron chi connectivity index (χ0n) is 25.5. The van der Waals surface area contributed by atoms with Crippen molar-refractivity contribution in [1.82, 2.24) is 0 Å². The molecular formula is C37H56Hf. The van der Waals surface area contributed by atoms with Crippen LogP contribution in [0.15, 0.2) is 60.7 Å². The molecule has 0 aromatic heterocycles. The van der Waals surface area contributed by atoms with E-state index in [4.69, 9.17) is 0 Å². The molecule has 0 nitrogen and oxygen atoms in total. The summed E-state index contributed by atoms with van der Waals surface area (Å²) in [7, 11) is 0. The van der Waals surface area contributed by atoms with E-state index in [2.05, 4.69) is 74.5 Å². The minimum absolute atomic E-state index is 0. The summed E-state index contributed by atoms with van der Waals surface area (Å²) in [6, 6.07) is 23.1. The van der Waals surface area contributed by atoms with Gasteiger partial charge in [-0.2, -0.15) is 0 Å². The Bertz CT molecular complexity index is 843. The van der Waals surface area contributed by atoms with Crippen LogP contribution in [0.4, 0.5) is 0 Å². The minimum atomic E-state index is 0. The first-order valence-electron chi connectivity index (χ1n) is 14.2. The van der Waals surface area contributed by atoms with Crippen molar-refractivity contribution >= 4 is 0 Å². The molecule has 0 amide bonds. The summed E-state index contributed by atoms with van der Waals surface area (Å²) >= 11 is 0. The van der Waals surface area contributed by atoms with Gasteiger partial charge in [-0.15, -0.1) is 0 Å². The van der Waals surface area contributed by atoms with Gasteiger partial charge in [0.1, 0.15) is 0 Å². The Balaban J connectivity index is 0.00000144. The molecule has 0 N–H and O–H groups in total. The van der Waals surface area contributed by atoms with Crippen LogP contribution in [0.1, 0.15) is 101 Å². The van der Waals surface area contributed by atoms with Crippen LogP contribution in [-0.2, 0) is 25.8 Å². The van der Waals surface area contributed by atoms with E-state index in [0.29, 0.717) is 5.41 Å². The van der Waals surface area contributed by atoms with Crippen LogP contribution < -0.4 is 0 Å². The van der Waals surface area contributed by atoms with Crippen LogP contribution >= 0.6 is 0 Å². The van der Waals surface area contributed by atoms with Crippen molar-refractivity contribution in [3.63, 3.8) is 0 Å². The van der Waals surface area contributed by atoms with Gasteiger partial charge in [0.25, 0.3) is 0 Å². The van der Waals surface area contributed by atoms with Crippen molar-refractivity contribution in [3.8, 4) is 0 Å². The quantitative estimate of drug-likeness (QED) is 0.223. The summed E-state index contributed by atoms with van der Waals surface area (Å²) in [4.78, 5) is 0. The smallest absolute Gasteiger partial charge is 0.358 e. The van der Waals surface area contributed by atoms with E-state index in [1.54, 1.807) is 11.1 Å². The summed E-state index contributed by atoms with van der Waals surface area (Å²) in [5.74, 6) is 7.32. The van der Waals surface area contributed by atoms with Crippen LogP contribution in [0.3, 0.4) is 0 Å². The molecule has 0 saturated heterocycles. The van der Waals surface area contributed by atoms with Gasteiger partial charge in [0.2, 0.25) is 0 Å². The SMILES string of the molecule is CC(C)(C1CCC2C(c3ccccc3)CCCC21)C1CCC2C(c3ccccc3)CCCC21.[CH3-].[CH3-].[CH3-].[CH3-].[Hf+4]. The zero-order chi connectivity index (χ0) is 22.4. The second kappa shape index (κ2) is 14.8. The Kier molecular flexibility index (Phi) is 13.8. The van der Waals surface area contributed by atoms with Crippen LogP contribution in [-0.4, -0.2) is 0 Å². The molecule has 8 unspecified atom stereocenters. The third-order valence-corrected chi connectivity index (χ3v) is 11.3. The van der Waals surface area contributed by atoms with Crippen molar-refractivity contribution in [1.29, 1.82) is 0 Å². The van der Waals surface area contributed by atoms with E-state index in [0.717, 1.165) is 47.3 Å². The Hall–Kier alpha value is -0.690. The molecule has 38 heavy (non-hydrogen) atoms. The molecule has 6 rings (SSSR count). The van der Waals surface area contributed by atoms with Crippen molar-refractivity contribution < 1.29 is 25.8 Å². The standard InChI is InChI=1S/C33H44.4CH3.Hf/c1-33(2,31-21-19-27-25(15-9-17-29(27)31)23-11-5-3-6-12-23)32-22-20-28-26(16-10-18-30(28)32)24-13-7-4-8-14-24;;;;;/h3-8,11-14,25-32H,9-10,15-22H2,1-2H3;4*1H3;/q;4*-1;+4. The molecule has 0 radical (unpaired) electrons. The van der Waals surface area contributed by atoms with Crippen LogP contribution in [0.5, 0.6) is 0 Å². The van der Waals surface area contributed by atoms with Gasteiger partial charge >= 0.3 is 25.8 Å². The van der Waals surface area contributed by atoms with Crippen LogP contribution in [0, 0.1) is 70.6 Å². The Morgan fingerprint density at radius 2 is 0.842 bits per heavy atom. The summed E-state index contributed by atoms with van der Waals surface area (Å²) in [6.45, 7) is 5.43. The molecule has 8 atom stereocenters. The predicted molar refractivity (Wildman–Crippen MR) is 165 cm³/mol. The topological polar surface area (TPSA) is 0 Å². The molecule has 4 fully saturated rings. The Morgan fingerprint density at radius 1 is 0.474 bits per heavy atom. The summed E-state index contributed by atoms with van der Waals surface area (Å²) in [5.41, 5.74) is 3.75. The number of hydrogen-bond acceptors (Lipinski definition) is 0. The number of benzene rings is 2. The molecule has 4 saturated carbocycles. The predicted octanol–water partition coefficient (Wildman–Crippen LogP) is 11.0. The fraction of sp³-hybridized carbons (Fsp3) is 0.568. The summed E-state index contributed by atoms with van der Waals surface area (Å²) < 4.78 is 0. The fourth-order valence-corrected chi connectivity index (χ4v) is 9.95. The number of rotatable bonds is 4. The van der Waals surface area contributed by atoms with Crippen molar-refractivity contribution in [2.75, 3.05) is 0 Å². The number of hydrogen-bond donors (Lipinski definition) is 0. The minimum Gasteiger partial charge on any atom is -0.358 e. The van der Waals surface area contributed by atoms with Gasteiger partial charge in [-0.1, -0.05) is 87.4 Å². The van der Waals surface area contributed by atoms with E-state index in [-0.39, 0.29) is 55.5 Å². The van der Waals surface area contributed by atoms with Crippen molar-refractivity contribution in [2.45, 2.75) is 89.9 Å². The van der Waals surface area contributed by atoms with Gasteiger partial charge in [0, 0.05) is 0 Å². The molecule has 0 aliphatic heterocycles. The molecule has 0 heterocycles. The molecule has 4 aliphatic carbocycles. The normalized spacial score (nSPS) is 33.5. The average molecular weight is 679 g/mol. The Labute approximate surface area is 257 Å². The van der Waals surface area contributed by atoms with Gasteiger partial charge in [-0.25, -0.2) is 0 Å². The molecule has 0 spiro atoms. The van der Waals surface area contributed by atoms with Crippen molar-refractivity contribution in [3.05, 3.63) is 101 Å². The second-order valence-corrected chi connectivity index (χ2v) is 12.7. The number of fused-ring (bicyclic) bond motifs is 2. The first kappa shape index (κ1) is 35.3. The average Bonchev–Trinajstić information content (AvgIpc) is 3.50.